The van der Waals surface area contributed by atoms with Crippen molar-refractivity contribution in [1.29, 1.82) is 0 Å². The average Bonchev–Trinajstić information content (AvgIpc) is 2.99. The minimum Gasteiger partial charge on any atom is -0.454 e. The summed E-state index contributed by atoms with van der Waals surface area (Å²) < 4.78 is 12.7. The molecule has 12 heteroatoms. The van der Waals surface area contributed by atoms with E-state index in [1.807, 2.05) is 22.6 Å². The number of hydrogen-bond donors (Lipinski definition) is 1. The second-order valence-electron chi connectivity index (χ2n) is 6.86. The van der Waals surface area contributed by atoms with Crippen molar-refractivity contribution in [3.8, 4) is 0 Å². The van der Waals surface area contributed by atoms with Crippen molar-refractivity contribution in [2.45, 2.75) is 29.2 Å². The summed E-state index contributed by atoms with van der Waals surface area (Å²) in [6.07, 6.45) is 0.0736. The van der Waals surface area contributed by atoms with Crippen molar-refractivity contribution in [2.75, 3.05) is 10.2 Å². The lowest BCUT2D eigenvalue weighted by atomic mass is 9.91. The van der Waals surface area contributed by atoms with Crippen molar-refractivity contribution in [3.63, 3.8) is 0 Å². The quantitative estimate of drug-likeness (QED) is 0.154. The second kappa shape index (κ2) is 8.10. The number of ether oxygens (including phenoxy) is 2. The minimum atomic E-state index is -1.51. The molecule has 4 unspecified atom stereocenters. The molecule has 10 nitrogen and oxygen atoms in total. The fourth-order valence-corrected chi connectivity index (χ4v) is 5.83. The molecule has 30 heavy (non-hydrogen) atoms. The van der Waals surface area contributed by atoms with E-state index < -0.39 is 40.0 Å². The Hall–Kier alpha value is -2.28. The zero-order valence-electron chi connectivity index (χ0n) is 15.4. The molecular weight excluding hydrogens is 525 g/mol. The van der Waals surface area contributed by atoms with E-state index in [9.17, 15) is 19.9 Å². The van der Waals surface area contributed by atoms with Gasteiger partial charge in [0.05, 0.1) is 5.56 Å². The highest BCUT2D eigenvalue weighted by Crippen LogP contribution is 2.61. The molecule has 2 aliphatic rings. The van der Waals surface area contributed by atoms with Crippen molar-refractivity contribution in [1.82, 2.24) is 9.55 Å². The summed E-state index contributed by atoms with van der Waals surface area (Å²) in [6.45, 7) is 0. The maximum atomic E-state index is 12.9. The topological polar surface area (TPSA) is 139 Å². The summed E-state index contributed by atoms with van der Waals surface area (Å²) in [7, 11) is 0. The van der Waals surface area contributed by atoms with Gasteiger partial charge < -0.3 is 9.47 Å². The van der Waals surface area contributed by atoms with Crippen LogP contribution in [0.1, 0.15) is 23.0 Å². The van der Waals surface area contributed by atoms with Crippen LogP contribution in [0.2, 0.25) is 0 Å². The molecule has 156 valence electrons. The third-order valence-electron chi connectivity index (χ3n) is 5.19. The van der Waals surface area contributed by atoms with Crippen molar-refractivity contribution in [2.24, 2.45) is 5.11 Å². The van der Waals surface area contributed by atoms with Gasteiger partial charge in [0.2, 0.25) is 0 Å². The number of carbonyl (C=O) groups excluding carboxylic acids is 1. The summed E-state index contributed by atoms with van der Waals surface area (Å²) >= 11 is 3.49. The third kappa shape index (κ3) is 3.33. The third-order valence-corrected chi connectivity index (χ3v) is 7.85. The van der Waals surface area contributed by atoms with Gasteiger partial charge in [0.25, 0.3) is 5.56 Å². The zero-order chi connectivity index (χ0) is 21.4. The molecule has 2 aromatic rings. The Labute approximate surface area is 187 Å². The molecule has 4 rings (SSSR count). The largest absolute Gasteiger partial charge is 0.454 e. The maximum Gasteiger partial charge on any atom is 0.338 e. The lowest BCUT2D eigenvalue weighted by Crippen LogP contribution is -2.56. The average molecular weight is 541 g/mol. The summed E-state index contributed by atoms with van der Waals surface area (Å²) in [5.41, 5.74) is 6.87. The van der Waals surface area contributed by atoms with Crippen LogP contribution >= 0.6 is 34.4 Å². The predicted molar refractivity (Wildman–Crippen MR) is 118 cm³/mol. The van der Waals surface area contributed by atoms with Gasteiger partial charge in [-0.3, -0.25) is 14.3 Å². The molecule has 0 amide bonds. The molecule has 1 N–H and O–H groups in total. The molecule has 2 fully saturated rings. The van der Waals surface area contributed by atoms with E-state index in [0.717, 1.165) is 5.75 Å². The first-order chi connectivity index (χ1) is 14.5. The fraction of sp³-hybridized carbons (Fsp3) is 0.389. The Morgan fingerprint density at radius 3 is 2.70 bits per heavy atom. The molecule has 1 aromatic carbocycles. The predicted octanol–water partition coefficient (Wildman–Crippen LogP) is 2.61. The van der Waals surface area contributed by atoms with E-state index >= 15 is 0 Å². The maximum absolute atomic E-state index is 12.9. The number of nitrogens with zero attached hydrogens (tertiary/aromatic N) is 4. The monoisotopic (exact) mass is 541 g/mol. The van der Waals surface area contributed by atoms with E-state index in [2.05, 4.69) is 15.0 Å². The zero-order valence-corrected chi connectivity index (χ0v) is 18.4. The number of rotatable bonds is 5. The molecule has 0 bridgehead atoms. The van der Waals surface area contributed by atoms with Crippen molar-refractivity contribution in [3.05, 3.63) is 79.4 Å². The lowest BCUT2D eigenvalue weighted by Gasteiger charge is -2.45. The number of aromatic amines is 1. The number of halogens is 1. The molecule has 0 radical (unpaired) electrons. The molecule has 4 atom stereocenters. The summed E-state index contributed by atoms with van der Waals surface area (Å²) in [6, 6.07) is 9.69. The van der Waals surface area contributed by atoms with Gasteiger partial charge >= 0.3 is 11.7 Å². The smallest absolute Gasteiger partial charge is 0.338 e. The van der Waals surface area contributed by atoms with Crippen LogP contribution in [0, 0.1) is 0 Å². The van der Waals surface area contributed by atoms with Crippen LogP contribution in [-0.2, 0) is 9.47 Å². The van der Waals surface area contributed by atoms with Crippen LogP contribution < -0.4 is 11.2 Å². The molecule has 2 saturated heterocycles. The Kier molecular flexibility index (Phi) is 5.66. The number of hydrogen-bond acceptors (Lipinski definition) is 7. The highest BCUT2D eigenvalue weighted by molar-refractivity contribution is 14.1. The van der Waals surface area contributed by atoms with E-state index in [1.165, 1.54) is 28.6 Å². The number of alkyl halides is 1. The van der Waals surface area contributed by atoms with E-state index in [4.69, 9.17) is 9.47 Å². The minimum absolute atomic E-state index is 0.193. The van der Waals surface area contributed by atoms with Gasteiger partial charge in [-0.2, -0.15) is 0 Å². The number of H-pyrrole nitrogens is 1. The van der Waals surface area contributed by atoms with Crippen LogP contribution in [0.5, 0.6) is 0 Å². The van der Waals surface area contributed by atoms with E-state index in [0.29, 0.717) is 12.0 Å². The van der Waals surface area contributed by atoms with Crippen molar-refractivity contribution < 1.29 is 14.3 Å². The first-order valence-corrected chi connectivity index (χ1v) is 11.5. The number of thioether (sulfide) groups is 1. The number of aromatic nitrogens is 2. The Balaban J connectivity index is 1.81. The van der Waals surface area contributed by atoms with Gasteiger partial charge in [-0.25, -0.2) is 9.59 Å². The number of nitrogens with one attached hydrogen (secondary N) is 1. The number of benzene rings is 1. The number of esters is 1. The highest BCUT2D eigenvalue weighted by atomic mass is 127. The molecular formula is C18H16IN5O5S. The molecule has 0 saturated carbocycles. The number of carbonyl (C=O) groups is 1. The lowest BCUT2D eigenvalue weighted by molar-refractivity contribution is -0.0868. The van der Waals surface area contributed by atoms with E-state index in [-0.39, 0.29) is 4.43 Å². The molecule has 0 aliphatic carbocycles. The molecule has 1 spiro atoms. The summed E-state index contributed by atoms with van der Waals surface area (Å²) in [4.78, 5) is 42.0. The molecule has 1 aromatic heterocycles. The normalized spacial score (nSPS) is 29.8. The Morgan fingerprint density at radius 2 is 2.13 bits per heavy atom. The van der Waals surface area contributed by atoms with Crippen LogP contribution in [0.3, 0.4) is 0 Å². The molecule has 3 heterocycles. The summed E-state index contributed by atoms with van der Waals surface area (Å²) in [5.74, 6) is 0.179. The standard InChI is InChI=1S/C18H16IN5O5S/c19-10-18(22-23-20)14(28-13(26)11-4-2-1-3-5-11)17(7-9-30-17)15(29-18)24-8-6-12(25)21-16(24)27/h1-6,8,14-15H,7,9-10H2,(H,21,25,27). The van der Waals surface area contributed by atoms with Gasteiger partial charge in [0, 0.05) is 21.6 Å². The van der Waals surface area contributed by atoms with E-state index in [1.54, 1.807) is 30.3 Å². The van der Waals surface area contributed by atoms with Crippen LogP contribution in [0.15, 0.2) is 57.3 Å². The van der Waals surface area contributed by atoms with Gasteiger partial charge in [0.1, 0.15) is 4.75 Å². The first-order valence-electron chi connectivity index (χ1n) is 8.97. The first kappa shape index (κ1) is 21.0. The highest BCUT2D eigenvalue weighted by Gasteiger charge is 2.69. The number of azide groups is 1. The van der Waals surface area contributed by atoms with Crippen molar-refractivity contribution >= 4 is 40.3 Å². The fourth-order valence-electron chi connectivity index (χ4n) is 3.73. The Bertz CT molecular complexity index is 1130. The molecule has 2 aliphatic heterocycles. The van der Waals surface area contributed by atoms with Crippen LogP contribution in [0.4, 0.5) is 0 Å². The van der Waals surface area contributed by atoms with Crippen LogP contribution in [-0.4, -0.2) is 42.3 Å². The van der Waals surface area contributed by atoms with Gasteiger partial charge in [-0.05, 0) is 29.8 Å². The second-order valence-corrected chi connectivity index (χ2v) is 9.08. The van der Waals surface area contributed by atoms with Gasteiger partial charge in [-0.15, -0.1) is 11.8 Å². The Morgan fingerprint density at radius 1 is 1.40 bits per heavy atom. The van der Waals surface area contributed by atoms with Crippen LogP contribution in [0.25, 0.3) is 10.4 Å². The summed E-state index contributed by atoms with van der Waals surface area (Å²) in [5, 5.41) is 3.88. The van der Waals surface area contributed by atoms with Gasteiger partial charge in [-0.1, -0.05) is 45.9 Å². The van der Waals surface area contributed by atoms with Gasteiger partial charge in [0.15, 0.2) is 18.1 Å². The SMILES string of the molecule is [N-]=[N+]=NC1(CI)OC(n2ccc(=O)[nH]c2=O)C2(CCS2)C1OC(=O)c1ccccc1.